The number of amides is 2. The Labute approximate surface area is 134 Å². The molecule has 1 aliphatic heterocycles. The van der Waals surface area contributed by atoms with Crippen LogP contribution < -0.4 is 15.5 Å². The van der Waals surface area contributed by atoms with Gasteiger partial charge in [0.2, 0.25) is 5.95 Å². The van der Waals surface area contributed by atoms with E-state index >= 15 is 0 Å². The minimum absolute atomic E-state index is 0.321. The lowest BCUT2D eigenvalue weighted by molar-refractivity contribution is 0.122. The zero-order valence-corrected chi connectivity index (χ0v) is 13.0. The Bertz CT molecular complexity index is 668. The normalized spacial score (nSPS) is 14.4. The van der Waals surface area contributed by atoms with E-state index in [0.29, 0.717) is 24.8 Å². The molecule has 2 aromatic rings. The topological polar surface area (TPSA) is 79.4 Å². The number of benzene rings is 1. The van der Waals surface area contributed by atoms with Crippen LogP contribution in [0.5, 0.6) is 0 Å². The lowest BCUT2D eigenvalue weighted by Gasteiger charge is -2.26. The summed E-state index contributed by atoms with van der Waals surface area (Å²) in [5, 5.41) is 5.50. The molecule has 1 aliphatic rings. The number of urea groups is 1. The Kier molecular flexibility index (Phi) is 4.68. The van der Waals surface area contributed by atoms with Gasteiger partial charge in [-0.3, -0.25) is 0 Å². The minimum atomic E-state index is -0.321. The van der Waals surface area contributed by atoms with Gasteiger partial charge in [0.15, 0.2) is 0 Å². The van der Waals surface area contributed by atoms with Gasteiger partial charge in [-0.2, -0.15) is 0 Å². The largest absolute Gasteiger partial charge is 0.378 e. The van der Waals surface area contributed by atoms with Gasteiger partial charge in [-0.05, 0) is 24.6 Å². The average Bonchev–Trinajstić information content (AvgIpc) is 2.56. The number of nitrogens with one attached hydrogen (secondary N) is 2. The minimum Gasteiger partial charge on any atom is -0.378 e. The maximum absolute atomic E-state index is 12.0. The molecule has 0 radical (unpaired) electrons. The number of anilines is 3. The molecule has 0 bridgehead atoms. The summed E-state index contributed by atoms with van der Waals surface area (Å²) in [6.45, 7) is 4.90. The van der Waals surface area contributed by atoms with E-state index < -0.39 is 0 Å². The summed E-state index contributed by atoms with van der Waals surface area (Å²) in [5.41, 5.74) is 2.38. The quantitative estimate of drug-likeness (QED) is 0.908. The predicted octanol–water partition coefficient (Wildman–Crippen LogP) is 2.27. The molecule has 1 saturated heterocycles. The van der Waals surface area contributed by atoms with Crippen LogP contribution in [0.3, 0.4) is 0 Å². The Morgan fingerprint density at radius 3 is 2.52 bits per heavy atom. The van der Waals surface area contributed by atoms with Crippen LogP contribution in [0.2, 0.25) is 0 Å². The molecule has 1 aromatic heterocycles. The number of hydrogen-bond acceptors (Lipinski definition) is 5. The van der Waals surface area contributed by atoms with Crippen molar-refractivity contribution < 1.29 is 9.53 Å². The van der Waals surface area contributed by atoms with Gasteiger partial charge in [-0.25, -0.2) is 14.8 Å². The smallest absolute Gasteiger partial charge is 0.323 e. The number of morpholine rings is 1. The highest BCUT2D eigenvalue weighted by molar-refractivity contribution is 5.99. The molecule has 7 nitrogen and oxygen atoms in total. The summed E-state index contributed by atoms with van der Waals surface area (Å²) in [6, 6.07) is 7.28. The first-order chi connectivity index (χ1) is 11.2. The van der Waals surface area contributed by atoms with Crippen molar-refractivity contribution in [3.05, 3.63) is 42.2 Å². The highest BCUT2D eigenvalue weighted by Crippen LogP contribution is 2.13. The Morgan fingerprint density at radius 1 is 1.13 bits per heavy atom. The first-order valence-corrected chi connectivity index (χ1v) is 7.50. The number of aryl methyl sites for hydroxylation is 1. The van der Waals surface area contributed by atoms with E-state index in [0.717, 1.165) is 24.3 Å². The van der Waals surface area contributed by atoms with Crippen LogP contribution in [0.15, 0.2) is 36.7 Å². The van der Waals surface area contributed by atoms with Gasteiger partial charge in [-0.1, -0.05) is 12.1 Å². The fourth-order valence-corrected chi connectivity index (χ4v) is 2.33. The van der Waals surface area contributed by atoms with Gasteiger partial charge >= 0.3 is 6.03 Å². The number of nitrogens with zero attached hydrogens (tertiary/aromatic N) is 3. The molecule has 7 heteroatoms. The van der Waals surface area contributed by atoms with Crippen molar-refractivity contribution in [1.29, 1.82) is 0 Å². The second kappa shape index (κ2) is 7.06. The monoisotopic (exact) mass is 313 g/mol. The number of carbonyl (C=O) groups is 1. The number of rotatable bonds is 3. The number of hydrogen-bond donors (Lipinski definition) is 2. The Balaban J connectivity index is 1.58. The van der Waals surface area contributed by atoms with Crippen LogP contribution in [0, 0.1) is 6.92 Å². The third-order valence-corrected chi connectivity index (χ3v) is 3.47. The second-order valence-electron chi connectivity index (χ2n) is 5.32. The van der Waals surface area contributed by atoms with E-state index in [9.17, 15) is 4.79 Å². The summed E-state index contributed by atoms with van der Waals surface area (Å²) in [7, 11) is 0. The second-order valence-corrected chi connectivity index (χ2v) is 5.32. The van der Waals surface area contributed by atoms with Crippen LogP contribution >= 0.6 is 0 Å². The van der Waals surface area contributed by atoms with Gasteiger partial charge in [0.1, 0.15) is 0 Å². The fourth-order valence-electron chi connectivity index (χ4n) is 2.33. The van der Waals surface area contributed by atoms with Crippen molar-refractivity contribution in [3.8, 4) is 0 Å². The fraction of sp³-hybridized carbons (Fsp3) is 0.312. The van der Waals surface area contributed by atoms with Crippen LogP contribution in [0.25, 0.3) is 0 Å². The van der Waals surface area contributed by atoms with Crippen LogP contribution in [0.1, 0.15) is 5.56 Å². The molecule has 0 aliphatic carbocycles. The molecule has 2 amide bonds. The molecule has 0 atom stereocenters. The third kappa shape index (κ3) is 4.17. The molecule has 0 unspecified atom stereocenters. The van der Waals surface area contributed by atoms with Crippen LogP contribution in [-0.2, 0) is 4.74 Å². The maximum atomic E-state index is 12.0. The standard InChI is InChI=1S/C16H19N5O2/c1-12-3-2-4-13(9-12)19-16(22)20-14-10-17-15(18-11-14)21-5-7-23-8-6-21/h2-4,9-11H,5-8H2,1H3,(H2,19,20,22). The van der Waals surface area contributed by atoms with E-state index in [-0.39, 0.29) is 6.03 Å². The van der Waals surface area contributed by atoms with E-state index in [1.54, 1.807) is 12.4 Å². The SMILES string of the molecule is Cc1cccc(NC(=O)Nc2cnc(N3CCOCC3)nc2)c1. The van der Waals surface area contributed by atoms with Crippen molar-refractivity contribution in [3.63, 3.8) is 0 Å². The molecule has 2 N–H and O–H groups in total. The lowest BCUT2D eigenvalue weighted by atomic mass is 10.2. The third-order valence-electron chi connectivity index (χ3n) is 3.47. The molecule has 0 spiro atoms. The van der Waals surface area contributed by atoms with Crippen LogP contribution in [0.4, 0.5) is 22.1 Å². The molecule has 2 heterocycles. The summed E-state index contributed by atoms with van der Waals surface area (Å²) in [5.74, 6) is 0.651. The van der Waals surface area contributed by atoms with Crippen molar-refractivity contribution in [2.45, 2.75) is 6.92 Å². The number of carbonyl (C=O) groups excluding carboxylic acids is 1. The first-order valence-electron chi connectivity index (χ1n) is 7.50. The highest BCUT2D eigenvalue weighted by Gasteiger charge is 2.13. The number of ether oxygens (including phenoxy) is 1. The van der Waals surface area contributed by atoms with Crippen LogP contribution in [-0.4, -0.2) is 42.3 Å². The van der Waals surface area contributed by atoms with E-state index in [1.807, 2.05) is 31.2 Å². The van der Waals surface area contributed by atoms with Gasteiger partial charge in [0, 0.05) is 18.8 Å². The first kappa shape index (κ1) is 15.2. The number of aromatic nitrogens is 2. The molecular weight excluding hydrogens is 294 g/mol. The molecule has 120 valence electrons. The summed E-state index contributed by atoms with van der Waals surface area (Å²) in [6.07, 6.45) is 3.21. The summed E-state index contributed by atoms with van der Waals surface area (Å²) in [4.78, 5) is 22.6. The zero-order valence-electron chi connectivity index (χ0n) is 13.0. The Morgan fingerprint density at radius 2 is 1.83 bits per heavy atom. The van der Waals surface area contributed by atoms with Gasteiger partial charge < -0.3 is 20.3 Å². The van der Waals surface area contributed by atoms with Gasteiger partial charge in [0.25, 0.3) is 0 Å². The molecule has 1 aromatic carbocycles. The van der Waals surface area contributed by atoms with Crippen molar-refractivity contribution >= 4 is 23.4 Å². The highest BCUT2D eigenvalue weighted by atomic mass is 16.5. The molecule has 0 saturated carbocycles. The molecule has 3 rings (SSSR count). The zero-order chi connectivity index (χ0) is 16.1. The van der Waals surface area contributed by atoms with Gasteiger partial charge in [-0.15, -0.1) is 0 Å². The maximum Gasteiger partial charge on any atom is 0.323 e. The molecule has 1 fully saturated rings. The summed E-state index contributed by atoms with van der Waals surface area (Å²) < 4.78 is 5.30. The van der Waals surface area contributed by atoms with Crippen molar-refractivity contribution in [1.82, 2.24) is 9.97 Å². The van der Waals surface area contributed by atoms with Crippen molar-refractivity contribution in [2.75, 3.05) is 41.8 Å². The lowest BCUT2D eigenvalue weighted by Crippen LogP contribution is -2.37. The molecular formula is C16H19N5O2. The van der Waals surface area contributed by atoms with E-state index in [1.165, 1.54) is 0 Å². The summed E-state index contributed by atoms with van der Waals surface area (Å²) >= 11 is 0. The van der Waals surface area contributed by atoms with E-state index in [2.05, 4.69) is 25.5 Å². The molecule has 23 heavy (non-hydrogen) atoms. The predicted molar refractivity (Wildman–Crippen MR) is 88.9 cm³/mol. The van der Waals surface area contributed by atoms with Crippen molar-refractivity contribution in [2.24, 2.45) is 0 Å². The van der Waals surface area contributed by atoms with E-state index in [4.69, 9.17) is 4.74 Å². The average molecular weight is 313 g/mol. The van der Waals surface area contributed by atoms with Gasteiger partial charge in [0.05, 0.1) is 31.3 Å². The Hall–Kier alpha value is -2.67.